The number of para-hydroxylation sites is 1. The third kappa shape index (κ3) is 2.56. The van der Waals surface area contributed by atoms with Gasteiger partial charge in [-0.15, -0.1) is 0 Å². The van der Waals surface area contributed by atoms with Gasteiger partial charge in [-0.25, -0.2) is 0 Å². The van der Waals surface area contributed by atoms with Gasteiger partial charge in [-0.3, -0.25) is 4.79 Å². The van der Waals surface area contributed by atoms with Gasteiger partial charge in [-0.05, 0) is 30.9 Å². The van der Waals surface area contributed by atoms with Crippen LogP contribution in [0.4, 0.5) is 0 Å². The Kier molecular flexibility index (Phi) is 3.74. The molecule has 3 rings (SSSR count). The zero-order valence-corrected chi connectivity index (χ0v) is 11.6. The van der Waals surface area contributed by atoms with Crippen LogP contribution in [0.3, 0.4) is 0 Å². The summed E-state index contributed by atoms with van der Waals surface area (Å²) in [5.74, 6) is 0.483. The molecule has 4 nitrogen and oxygen atoms in total. The maximum atomic E-state index is 12.3. The van der Waals surface area contributed by atoms with Crippen molar-refractivity contribution < 1.29 is 4.79 Å². The number of amides is 1. The molecule has 1 saturated carbocycles. The van der Waals surface area contributed by atoms with Crippen molar-refractivity contribution in [3.8, 4) is 0 Å². The fourth-order valence-electron chi connectivity index (χ4n) is 3.17. The molecule has 0 bridgehead atoms. The summed E-state index contributed by atoms with van der Waals surface area (Å²) in [5, 5.41) is 4.15. The molecule has 1 aliphatic carbocycles. The highest BCUT2D eigenvalue weighted by molar-refractivity contribution is 5.98. The number of nitrogens with one attached hydrogen (secondary N) is 2. The number of carbonyl (C=O) groups excluding carboxylic acids is 1. The molecule has 4 heteroatoms. The van der Waals surface area contributed by atoms with Crippen LogP contribution in [0.15, 0.2) is 30.3 Å². The quantitative estimate of drug-likeness (QED) is 0.799. The number of H-pyrrole nitrogens is 1. The first-order chi connectivity index (χ1) is 9.78. The molecule has 1 amide bonds. The van der Waals surface area contributed by atoms with Crippen LogP contribution in [-0.2, 0) is 0 Å². The van der Waals surface area contributed by atoms with Gasteiger partial charge in [0.25, 0.3) is 5.91 Å². The first-order valence-electron chi connectivity index (χ1n) is 7.36. The van der Waals surface area contributed by atoms with E-state index in [-0.39, 0.29) is 11.9 Å². The number of aromatic nitrogens is 1. The van der Waals surface area contributed by atoms with Gasteiger partial charge >= 0.3 is 0 Å². The molecule has 1 aromatic heterocycles. The number of rotatable bonds is 4. The molecular weight excluding hydrogens is 250 g/mol. The summed E-state index contributed by atoms with van der Waals surface area (Å²) in [6, 6.07) is 9.90. The van der Waals surface area contributed by atoms with Gasteiger partial charge in [-0.2, -0.15) is 0 Å². The molecule has 106 valence electrons. The molecule has 0 saturated heterocycles. The molecule has 4 N–H and O–H groups in total. The Morgan fingerprint density at radius 2 is 2.10 bits per heavy atom. The van der Waals surface area contributed by atoms with E-state index in [0.29, 0.717) is 18.2 Å². The van der Waals surface area contributed by atoms with Crippen LogP contribution in [0.1, 0.15) is 36.2 Å². The molecule has 0 radical (unpaired) electrons. The SMILES string of the molecule is NCC(NC(=O)c1cc2ccccc2[nH]1)C1CCCC1. The highest BCUT2D eigenvalue weighted by Gasteiger charge is 2.25. The van der Waals surface area contributed by atoms with Crippen LogP contribution >= 0.6 is 0 Å². The maximum Gasteiger partial charge on any atom is 0.267 e. The molecule has 1 heterocycles. The Bertz CT molecular complexity index is 566. The maximum absolute atomic E-state index is 12.3. The number of nitrogens with two attached hydrogens (primary N) is 1. The minimum atomic E-state index is -0.0523. The molecule has 1 aliphatic rings. The van der Waals surface area contributed by atoms with Gasteiger partial charge in [-0.1, -0.05) is 31.0 Å². The number of aromatic amines is 1. The van der Waals surface area contributed by atoms with Gasteiger partial charge in [0.1, 0.15) is 5.69 Å². The van der Waals surface area contributed by atoms with Crippen molar-refractivity contribution in [2.45, 2.75) is 31.7 Å². The third-order valence-corrected chi connectivity index (χ3v) is 4.31. The normalized spacial score (nSPS) is 17.4. The molecule has 1 aromatic carbocycles. The van der Waals surface area contributed by atoms with Crippen molar-refractivity contribution in [3.63, 3.8) is 0 Å². The number of hydrogen-bond acceptors (Lipinski definition) is 2. The molecule has 1 atom stereocenters. The lowest BCUT2D eigenvalue weighted by atomic mass is 9.98. The predicted octanol–water partition coefficient (Wildman–Crippen LogP) is 2.42. The summed E-state index contributed by atoms with van der Waals surface area (Å²) in [5.41, 5.74) is 7.43. The van der Waals surface area contributed by atoms with Crippen LogP contribution in [-0.4, -0.2) is 23.5 Å². The van der Waals surface area contributed by atoms with E-state index in [4.69, 9.17) is 5.73 Å². The monoisotopic (exact) mass is 271 g/mol. The second kappa shape index (κ2) is 5.67. The highest BCUT2D eigenvalue weighted by atomic mass is 16.1. The molecule has 0 spiro atoms. The lowest BCUT2D eigenvalue weighted by Crippen LogP contribution is -2.44. The molecule has 0 aliphatic heterocycles. The van der Waals surface area contributed by atoms with Gasteiger partial charge < -0.3 is 16.0 Å². The molecule has 1 fully saturated rings. The lowest BCUT2D eigenvalue weighted by Gasteiger charge is -2.22. The van der Waals surface area contributed by atoms with Gasteiger partial charge in [0.15, 0.2) is 0 Å². The van der Waals surface area contributed by atoms with E-state index in [2.05, 4.69) is 10.3 Å². The number of carbonyl (C=O) groups is 1. The summed E-state index contributed by atoms with van der Waals surface area (Å²) in [4.78, 5) is 15.5. The second-order valence-electron chi connectivity index (χ2n) is 5.63. The van der Waals surface area contributed by atoms with Crippen LogP contribution in [0.5, 0.6) is 0 Å². The van der Waals surface area contributed by atoms with E-state index in [1.54, 1.807) is 0 Å². The Morgan fingerprint density at radius 1 is 1.35 bits per heavy atom. The van der Waals surface area contributed by atoms with Crippen LogP contribution in [0, 0.1) is 5.92 Å². The van der Waals surface area contributed by atoms with E-state index in [0.717, 1.165) is 10.9 Å². The minimum Gasteiger partial charge on any atom is -0.351 e. The predicted molar refractivity (Wildman–Crippen MR) is 80.6 cm³/mol. The molecule has 1 unspecified atom stereocenters. The van der Waals surface area contributed by atoms with Crippen molar-refractivity contribution in [2.24, 2.45) is 11.7 Å². The van der Waals surface area contributed by atoms with Crippen molar-refractivity contribution in [3.05, 3.63) is 36.0 Å². The topological polar surface area (TPSA) is 70.9 Å². The molecular formula is C16H21N3O. The average molecular weight is 271 g/mol. The van der Waals surface area contributed by atoms with Crippen molar-refractivity contribution >= 4 is 16.8 Å². The van der Waals surface area contributed by atoms with E-state index in [1.165, 1.54) is 25.7 Å². The van der Waals surface area contributed by atoms with Gasteiger partial charge in [0.05, 0.1) is 0 Å². The van der Waals surface area contributed by atoms with E-state index >= 15 is 0 Å². The number of benzene rings is 1. The van der Waals surface area contributed by atoms with E-state index in [9.17, 15) is 4.79 Å². The second-order valence-corrected chi connectivity index (χ2v) is 5.63. The largest absolute Gasteiger partial charge is 0.351 e. The summed E-state index contributed by atoms with van der Waals surface area (Å²) in [6.07, 6.45) is 4.86. The standard InChI is InChI=1S/C16H21N3O/c17-10-15(11-5-1-2-6-11)19-16(20)14-9-12-7-3-4-8-13(12)18-14/h3-4,7-9,11,15,18H,1-2,5-6,10,17H2,(H,19,20). The Balaban J connectivity index is 1.74. The van der Waals surface area contributed by atoms with Gasteiger partial charge in [0.2, 0.25) is 0 Å². The van der Waals surface area contributed by atoms with Crippen molar-refractivity contribution in [2.75, 3.05) is 6.54 Å². The Morgan fingerprint density at radius 3 is 2.80 bits per heavy atom. The first-order valence-corrected chi connectivity index (χ1v) is 7.36. The van der Waals surface area contributed by atoms with Gasteiger partial charge in [0, 0.05) is 23.5 Å². The Hall–Kier alpha value is -1.81. The average Bonchev–Trinajstić information content (AvgIpc) is 3.13. The number of fused-ring (bicyclic) bond motifs is 1. The fraction of sp³-hybridized carbons (Fsp3) is 0.438. The minimum absolute atomic E-state index is 0.0523. The summed E-state index contributed by atoms with van der Waals surface area (Å²) >= 11 is 0. The Labute approximate surface area is 118 Å². The fourth-order valence-corrected chi connectivity index (χ4v) is 3.17. The van der Waals surface area contributed by atoms with E-state index < -0.39 is 0 Å². The molecule has 20 heavy (non-hydrogen) atoms. The smallest absolute Gasteiger partial charge is 0.267 e. The van der Waals surface area contributed by atoms with E-state index in [1.807, 2.05) is 30.3 Å². The highest BCUT2D eigenvalue weighted by Crippen LogP contribution is 2.27. The third-order valence-electron chi connectivity index (χ3n) is 4.31. The summed E-state index contributed by atoms with van der Waals surface area (Å²) < 4.78 is 0. The summed E-state index contributed by atoms with van der Waals surface area (Å²) in [6.45, 7) is 0.511. The van der Waals surface area contributed by atoms with Crippen molar-refractivity contribution in [1.82, 2.24) is 10.3 Å². The van der Waals surface area contributed by atoms with Crippen LogP contribution in [0.2, 0.25) is 0 Å². The zero-order valence-electron chi connectivity index (χ0n) is 11.6. The first kappa shape index (κ1) is 13.2. The zero-order chi connectivity index (χ0) is 13.9. The summed E-state index contributed by atoms with van der Waals surface area (Å²) in [7, 11) is 0. The van der Waals surface area contributed by atoms with Crippen LogP contribution < -0.4 is 11.1 Å². The molecule has 2 aromatic rings. The van der Waals surface area contributed by atoms with Crippen LogP contribution in [0.25, 0.3) is 10.9 Å². The number of hydrogen-bond donors (Lipinski definition) is 3. The van der Waals surface area contributed by atoms with Crippen molar-refractivity contribution in [1.29, 1.82) is 0 Å². The lowest BCUT2D eigenvalue weighted by molar-refractivity contribution is 0.0920.